The predicted molar refractivity (Wildman–Crippen MR) is 84.7 cm³/mol. The molecule has 0 bridgehead atoms. The molecule has 0 N–H and O–H groups in total. The molecule has 1 aliphatic carbocycles. The summed E-state index contributed by atoms with van der Waals surface area (Å²) < 4.78 is 35.1. The molecule has 1 saturated carbocycles. The molecule has 21 heavy (non-hydrogen) atoms. The van der Waals surface area contributed by atoms with Crippen molar-refractivity contribution in [3.05, 3.63) is 29.6 Å². The van der Waals surface area contributed by atoms with Gasteiger partial charge in [-0.1, -0.05) is 0 Å². The Kier molecular flexibility index (Phi) is 4.81. The Morgan fingerprint density at radius 1 is 1.38 bits per heavy atom. The molecule has 0 radical (unpaired) electrons. The van der Waals surface area contributed by atoms with Crippen LogP contribution in [0.25, 0.3) is 0 Å². The van der Waals surface area contributed by atoms with E-state index in [0.717, 1.165) is 0 Å². The molecule has 2 rings (SSSR count). The van der Waals surface area contributed by atoms with Crippen LogP contribution in [0.3, 0.4) is 0 Å². The fraction of sp³-hybridized carbons (Fsp3) is 0.562. The topological polar surface area (TPSA) is 38.7 Å². The van der Waals surface area contributed by atoms with E-state index in [1.165, 1.54) is 25.0 Å². The first-order valence-corrected chi connectivity index (χ1v) is 8.27. The molecule has 0 unspecified atom stereocenters. The summed E-state index contributed by atoms with van der Waals surface area (Å²) in [5, 5.41) is 0. The fourth-order valence-corrected chi connectivity index (χ4v) is 2.30. The second kappa shape index (κ2) is 6.26. The van der Waals surface area contributed by atoms with Gasteiger partial charge in [0, 0.05) is 11.6 Å². The molecular weight excluding hydrogens is 289 g/mol. The van der Waals surface area contributed by atoms with Crippen LogP contribution in [0.15, 0.2) is 22.6 Å². The molecule has 0 aliphatic heterocycles. The molecular formula is C16H22FNO2S. The van der Waals surface area contributed by atoms with Crippen molar-refractivity contribution >= 4 is 16.7 Å². The summed E-state index contributed by atoms with van der Waals surface area (Å²) in [4.78, 5) is 0. The quantitative estimate of drug-likeness (QED) is 0.774. The molecule has 1 aromatic rings. The maximum atomic E-state index is 13.7. The standard InChI is InChI=1S/C16H22FNO2S/c1-11(18-21(19)16(2,3)4)13-7-14(17)9-15(8-13)20-10-12-5-6-12/h7-9,12H,5-6,10H2,1-4H3/b18-11+/t21-/m0/s1. The van der Waals surface area contributed by atoms with Crippen molar-refractivity contribution in [2.45, 2.75) is 45.3 Å². The minimum atomic E-state index is -1.36. The lowest BCUT2D eigenvalue weighted by Crippen LogP contribution is -2.20. The first-order chi connectivity index (χ1) is 9.75. The van der Waals surface area contributed by atoms with E-state index in [1.807, 2.05) is 20.8 Å². The van der Waals surface area contributed by atoms with Crippen LogP contribution in [0.4, 0.5) is 4.39 Å². The number of benzene rings is 1. The lowest BCUT2D eigenvalue weighted by Gasteiger charge is -2.14. The van der Waals surface area contributed by atoms with E-state index in [1.54, 1.807) is 13.0 Å². The minimum absolute atomic E-state index is 0.366. The van der Waals surface area contributed by atoms with E-state index < -0.39 is 15.7 Å². The van der Waals surface area contributed by atoms with Crippen molar-refractivity contribution in [1.82, 2.24) is 0 Å². The van der Waals surface area contributed by atoms with Crippen LogP contribution in [0.2, 0.25) is 0 Å². The molecule has 0 spiro atoms. The van der Waals surface area contributed by atoms with Crippen molar-refractivity contribution in [2.24, 2.45) is 10.3 Å². The van der Waals surface area contributed by atoms with Gasteiger partial charge in [-0.15, -0.1) is 0 Å². The highest BCUT2D eigenvalue weighted by molar-refractivity contribution is 7.85. The summed E-state index contributed by atoms with van der Waals surface area (Å²) in [6, 6.07) is 4.52. The maximum Gasteiger partial charge on any atom is 0.145 e. The number of nitrogens with zero attached hydrogens (tertiary/aromatic N) is 1. The van der Waals surface area contributed by atoms with Crippen LogP contribution >= 0.6 is 0 Å². The molecule has 3 nitrogen and oxygen atoms in total. The largest absolute Gasteiger partial charge is 0.493 e. The SMILES string of the molecule is C/C(=N\[S@@](=O)C(C)(C)C)c1cc(F)cc(OCC2CC2)c1. The summed E-state index contributed by atoms with van der Waals surface area (Å²) in [7, 11) is -1.36. The van der Waals surface area contributed by atoms with Crippen molar-refractivity contribution in [1.29, 1.82) is 0 Å². The molecule has 0 amide bonds. The van der Waals surface area contributed by atoms with Crippen LogP contribution in [0.5, 0.6) is 5.75 Å². The van der Waals surface area contributed by atoms with Crippen molar-refractivity contribution < 1.29 is 13.3 Å². The molecule has 116 valence electrons. The number of ether oxygens (including phenoxy) is 1. The zero-order valence-electron chi connectivity index (χ0n) is 13.0. The van der Waals surface area contributed by atoms with Crippen LogP contribution in [0.1, 0.15) is 46.1 Å². The third-order valence-electron chi connectivity index (χ3n) is 3.22. The van der Waals surface area contributed by atoms with Gasteiger partial charge in [-0.05, 0) is 58.6 Å². The monoisotopic (exact) mass is 311 g/mol. The van der Waals surface area contributed by atoms with E-state index in [4.69, 9.17) is 4.74 Å². The Labute approximate surface area is 128 Å². The Hall–Kier alpha value is -1.23. The molecule has 1 fully saturated rings. The lowest BCUT2D eigenvalue weighted by atomic mass is 10.1. The summed E-state index contributed by atoms with van der Waals surface area (Å²) in [5.41, 5.74) is 1.16. The average Bonchev–Trinajstić information content (AvgIpc) is 3.18. The van der Waals surface area contributed by atoms with Crippen LogP contribution < -0.4 is 4.74 Å². The van der Waals surface area contributed by atoms with Gasteiger partial charge >= 0.3 is 0 Å². The number of halogens is 1. The van der Waals surface area contributed by atoms with Crippen molar-refractivity contribution in [2.75, 3.05) is 6.61 Å². The maximum absolute atomic E-state index is 13.7. The lowest BCUT2D eigenvalue weighted by molar-refractivity contribution is 0.298. The van der Waals surface area contributed by atoms with Gasteiger partial charge in [0.1, 0.15) is 22.6 Å². The number of hydrogen-bond donors (Lipinski definition) is 0. The normalized spacial score (nSPS) is 17.7. The van der Waals surface area contributed by atoms with Gasteiger partial charge in [0.05, 0.1) is 17.1 Å². The first-order valence-electron chi connectivity index (χ1n) is 7.17. The second-order valence-electron chi connectivity index (χ2n) is 6.47. The van der Waals surface area contributed by atoms with Gasteiger partial charge in [-0.25, -0.2) is 8.60 Å². The van der Waals surface area contributed by atoms with Gasteiger partial charge in [0.25, 0.3) is 0 Å². The molecule has 0 aromatic heterocycles. The van der Waals surface area contributed by atoms with E-state index >= 15 is 0 Å². The Morgan fingerprint density at radius 2 is 2.05 bits per heavy atom. The molecule has 0 saturated heterocycles. The second-order valence-corrected chi connectivity index (χ2v) is 8.37. The summed E-state index contributed by atoms with van der Waals surface area (Å²) in [6.07, 6.45) is 2.38. The third kappa shape index (κ3) is 4.92. The average molecular weight is 311 g/mol. The Morgan fingerprint density at radius 3 is 2.62 bits per heavy atom. The van der Waals surface area contributed by atoms with Crippen LogP contribution in [-0.4, -0.2) is 21.3 Å². The number of hydrogen-bond acceptors (Lipinski definition) is 2. The molecule has 1 aromatic carbocycles. The van der Waals surface area contributed by atoms with Crippen LogP contribution in [-0.2, 0) is 11.0 Å². The summed E-state index contributed by atoms with van der Waals surface area (Å²) >= 11 is 0. The predicted octanol–water partition coefficient (Wildman–Crippen LogP) is 3.89. The van der Waals surface area contributed by atoms with Gasteiger partial charge in [-0.2, -0.15) is 4.40 Å². The Bertz CT molecular complexity index is 574. The zero-order valence-corrected chi connectivity index (χ0v) is 13.8. The smallest absolute Gasteiger partial charge is 0.145 e. The molecule has 0 heterocycles. The van der Waals surface area contributed by atoms with Gasteiger partial charge < -0.3 is 4.74 Å². The highest BCUT2D eigenvalue weighted by Crippen LogP contribution is 2.30. The highest BCUT2D eigenvalue weighted by Gasteiger charge is 2.22. The van der Waals surface area contributed by atoms with Crippen LogP contribution in [0, 0.1) is 11.7 Å². The van der Waals surface area contributed by atoms with E-state index in [2.05, 4.69) is 4.40 Å². The third-order valence-corrected chi connectivity index (χ3v) is 4.70. The first kappa shape index (κ1) is 16.1. The molecule has 1 aliphatic rings. The Balaban J connectivity index is 2.17. The van der Waals surface area contributed by atoms with Gasteiger partial charge in [-0.3, -0.25) is 0 Å². The van der Waals surface area contributed by atoms with Crippen molar-refractivity contribution in [3.8, 4) is 5.75 Å². The molecule has 1 atom stereocenters. The fourth-order valence-electron chi connectivity index (χ4n) is 1.67. The minimum Gasteiger partial charge on any atom is -0.493 e. The van der Waals surface area contributed by atoms with Crippen molar-refractivity contribution in [3.63, 3.8) is 0 Å². The zero-order chi connectivity index (χ0) is 15.6. The van der Waals surface area contributed by atoms with E-state index in [9.17, 15) is 8.60 Å². The van der Waals surface area contributed by atoms with Gasteiger partial charge in [0.15, 0.2) is 0 Å². The number of rotatable bonds is 5. The van der Waals surface area contributed by atoms with E-state index in [-0.39, 0.29) is 5.82 Å². The van der Waals surface area contributed by atoms with Gasteiger partial charge in [0.2, 0.25) is 0 Å². The summed E-state index contributed by atoms with van der Waals surface area (Å²) in [6.45, 7) is 7.94. The van der Waals surface area contributed by atoms with E-state index in [0.29, 0.717) is 29.5 Å². The summed E-state index contributed by atoms with van der Waals surface area (Å²) in [5.74, 6) is 0.752. The molecule has 5 heteroatoms. The highest BCUT2D eigenvalue weighted by atomic mass is 32.2.